The summed E-state index contributed by atoms with van der Waals surface area (Å²) in [6.45, 7) is 4.01. The third-order valence-electron chi connectivity index (χ3n) is 5.61. The fraction of sp³-hybridized carbons (Fsp3) is 0.172. The highest BCUT2D eigenvalue weighted by Gasteiger charge is 2.28. The van der Waals surface area contributed by atoms with Crippen LogP contribution >= 0.6 is 0 Å². The topological polar surface area (TPSA) is 113 Å². The van der Waals surface area contributed by atoms with Crippen molar-refractivity contribution in [1.82, 2.24) is 0 Å². The summed E-state index contributed by atoms with van der Waals surface area (Å²) >= 11 is 0. The Hall–Kier alpha value is -5.10. The van der Waals surface area contributed by atoms with Gasteiger partial charge in [-0.3, -0.25) is 9.59 Å². The van der Waals surface area contributed by atoms with Crippen molar-refractivity contribution in [2.45, 2.75) is 13.8 Å². The quantitative estimate of drug-likeness (QED) is 0.414. The van der Waals surface area contributed by atoms with Gasteiger partial charge in [-0.2, -0.15) is 15.4 Å². The number of methoxy groups -OCH3 is 1. The van der Waals surface area contributed by atoms with Crippen molar-refractivity contribution in [2.24, 2.45) is 5.10 Å². The van der Waals surface area contributed by atoms with Gasteiger partial charge in [-0.25, -0.2) is 0 Å². The van der Waals surface area contributed by atoms with Crippen LogP contribution < -0.4 is 24.5 Å². The minimum Gasteiger partial charge on any atom is -0.494 e. The first-order chi connectivity index (χ1) is 18.4. The molecular formula is C29H26N4O5. The van der Waals surface area contributed by atoms with Crippen molar-refractivity contribution in [3.63, 3.8) is 0 Å². The molecule has 2 amide bonds. The summed E-state index contributed by atoms with van der Waals surface area (Å²) in [6, 6.07) is 20.9. The number of hydrogen-bond donors (Lipinski definition) is 1. The number of benzene rings is 3. The van der Waals surface area contributed by atoms with E-state index in [0.29, 0.717) is 51.9 Å². The van der Waals surface area contributed by atoms with E-state index in [2.05, 4.69) is 16.5 Å². The molecule has 192 valence electrons. The molecule has 0 unspecified atom stereocenters. The molecule has 0 saturated carbocycles. The second-order valence-corrected chi connectivity index (χ2v) is 8.22. The van der Waals surface area contributed by atoms with E-state index in [1.807, 2.05) is 6.92 Å². The molecule has 9 heteroatoms. The van der Waals surface area contributed by atoms with Crippen LogP contribution in [0.4, 0.5) is 11.4 Å². The number of rotatable bonds is 9. The normalized spacial score (nSPS) is 13.6. The standard InChI is InChI=1S/C29H26N4O5/c1-4-37-24-12-8-22(9-13-24)31-28(34)18-38-26-14-7-21(16-27(26)36-3)15-25-19(2)32-33(29(25)35)23-10-5-20(17-30)6-11-23/h5-16H,4,18H2,1-3H3,(H,31,34). The van der Waals surface area contributed by atoms with E-state index >= 15 is 0 Å². The van der Waals surface area contributed by atoms with Gasteiger partial charge in [0.05, 0.1) is 42.3 Å². The molecule has 0 bridgehead atoms. The molecule has 0 fully saturated rings. The molecule has 0 saturated heterocycles. The van der Waals surface area contributed by atoms with Gasteiger partial charge < -0.3 is 19.5 Å². The van der Waals surface area contributed by atoms with Crippen LogP contribution in [-0.4, -0.2) is 37.8 Å². The average Bonchev–Trinajstić information content (AvgIpc) is 3.21. The van der Waals surface area contributed by atoms with Gasteiger partial charge in [0.15, 0.2) is 18.1 Å². The highest BCUT2D eigenvalue weighted by atomic mass is 16.5. The third-order valence-corrected chi connectivity index (χ3v) is 5.61. The molecule has 0 radical (unpaired) electrons. The minimum absolute atomic E-state index is 0.214. The van der Waals surface area contributed by atoms with Crippen molar-refractivity contribution >= 4 is 35.0 Å². The first-order valence-corrected chi connectivity index (χ1v) is 11.9. The number of carbonyl (C=O) groups excluding carboxylic acids is 2. The lowest BCUT2D eigenvalue weighted by Gasteiger charge is -2.12. The Kier molecular flexibility index (Phi) is 8.04. The van der Waals surface area contributed by atoms with E-state index in [4.69, 9.17) is 19.5 Å². The number of nitriles is 1. The van der Waals surface area contributed by atoms with Crippen LogP contribution in [0.25, 0.3) is 6.08 Å². The highest BCUT2D eigenvalue weighted by molar-refractivity contribution is 6.32. The van der Waals surface area contributed by atoms with Crippen molar-refractivity contribution in [2.75, 3.05) is 30.6 Å². The zero-order chi connectivity index (χ0) is 27.1. The molecule has 1 aliphatic rings. The predicted molar refractivity (Wildman–Crippen MR) is 144 cm³/mol. The number of ether oxygens (including phenoxy) is 3. The average molecular weight is 511 g/mol. The molecule has 38 heavy (non-hydrogen) atoms. The summed E-state index contributed by atoms with van der Waals surface area (Å²) in [5.41, 5.74) is 3.39. The Morgan fingerprint density at radius 2 is 1.79 bits per heavy atom. The molecule has 4 rings (SSSR count). The van der Waals surface area contributed by atoms with Gasteiger partial charge in [0, 0.05) is 5.69 Å². The number of hydrazone groups is 1. The summed E-state index contributed by atoms with van der Waals surface area (Å²) in [4.78, 5) is 25.4. The second kappa shape index (κ2) is 11.8. The van der Waals surface area contributed by atoms with Gasteiger partial charge in [0.1, 0.15) is 5.75 Å². The lowest BCUT2D eigenvalue weighted by Crippen LogP contribution is -2.21. The fourth-order valence-corrected chi connectivity index (χ4v) is 3.74. The lowest BCUT2D eigenvalue weighted by molar-refractivity contribution is -0.118. The Labute approximate surface area is 220 Å². The van der Waals surface area contributed by atoms with Crippen LogP contribution in [0.1, 0.15) is 25.0 Å². The van der Waals surface area contributed by atoms with Crippen LogP contribution in [0.15, 0.2) is 77.4 Å². The molecule has 0 aromatic heterocycles. The first kappa shape index (κ1) is 26.0. The first-order valence-electron chi connectivity index (χ1n) is 11.9. The van der Waals surface area contributed by atoms with Crippen LogP contribution in [0.5, 0.6) is 17.2 Å². The molecule has 0 atom stereocenters. The summed E-state index contributed by atoms with van der Waals surface area (Å²) in [5.74, 6) is 0.923. The maximum absolute atomic E-state index is 13.0. The molecule has 1 N–H and O–H groups in total. The number of hydrogen-bond acceptors (Lipinski definition) is 7. The molecule has 3 aromatic rings. The number of nitrogens with zero attached hydrogens (tertiary/aromatic N) is 3. The second-order valence-electron chi connectivity index (χ2n) is 8.22. The Balaban J connectivity index is 1.42. The van der Waals surface area contributed by atoms with E-state index in [-0.39, 0.29) is 18.4 Å². The minimum atomic E-state index is -0.325. The maximum atomic E-state index is 13.0. The summed E-state index contributed by atoms with van der Waals surface area (Å²) in [6.07, 6.45) is 1.72. The van der Waals surface area contributed by atoms with Gasteiger partial charge >= 0.3 is 0 Å². The SMILES string of the molecule is CCOc1ccc(NC(=O)COc2ccc(C=C3C(=O)N(c4ccc(C#N)cc4)N=C3C)cc2OC)cc1. The summed E-state index contributed by atoms with van der Waals surface area (Å²) < 4.78 is 16.5. The van der Waals surface area contributed by atoms with Crippen molar-refractivity contribution < 1.29 is 23.8 Å². The number of anilines is 2. The summed E-state index contributed by atoms with van der Waals surface area (Å²) in [7, 11) is 1.50. The van der Waals surface area contributed by atoms with Crippen LogP contribution in [-0.2, 0) is 9.59 Å². The molecule has 1 aliphatic heterocycles. The lowest BCUT2D eigenvalue weighted by atomic mass is 10.1. The largest absolute Gasteiger partial charge is 0.494 e. The van der Waals surface area contributed by atoms with Crippen molar-refractivity contribution in [3.05, 3.63) is 83.4 Å². The Morgan fingerprint density at radius 3 is 2.45 bits per heavy atom. The molecule has 0 spiro atoms. The Bertz CT molecular complexity index is 1440. The zero-order valence-electron chi connectivity index (χ0n) is 21.2. The Morgan fingerprint density at radius 1 is 1.05 bits per heavy atom. The van der Waals surface area contributed by atoms with E-state index in [9.17, 15) is 9.59 Å². The fourth-order valence-electron chi connectivity index (χ4n) is 3.74. The predicted octanol–water partition coefficient (Wildman–Crippen LogP) is 4.79. The van der Waals surface area contributed by atoms with E-state index in [1.54, 1.807) is 79.7 Å². The number of amides is 2. The van der Waals surface area contributed by atoms with Crippen molar-refractivity contribution in [1.29, 1.82) is 5.26 Å². The van der Waals surface area contributed by atoms with E-state index < -0.39 is 0 Å². The molecular weight excluding hydrogens is 484 g/mol. The van der Waals surface area contributed by atoms with E-state index in [0.717, 1.165) is 5.75 Å². The van der Waals surface area contributed by atoms with Crippen LogP contribution in [0, 0.1) is 11.3 Å². The molecule has 3 aromatic carbocycles. The van der Waals surface area contributed by atoms with Gasteiger partial charge in [-0.05, 0) is 86.2 Å². The van der Waals surface area contributed by atoms with Gasteiger partial charge in [0.2, 0.25) is 0 Å². The van der Waals surface area contributed by atoms with Crippen LogP contribution in [0.3, 0.4) is 0 Å². The smallest absolute Gasteiger partial charge is 0.280 e. The maximum Gasteiger partial charge on any atom is 0.280 e. The van der Waals surface area contributed by atoms with Crippen LogP contribution in [0.2, 0.25) is 0 Å². The molecule has 0 aliphatic carbocycles. The number of carbonyl (C=O) groups is 2. The zero-order valence-corrected chi connectivity index (χ0v) is 21.2. The monoisotopic (exact) mass is 510 g/mol. The summed E-state index contributed by atoms with van der Waals surface area (Å²) in [5, 5.41) is 17.4. The van der Waals surface area contributed by atoms with Gasteiger partial charge in [0.25, 0.3) is 11.8 Å². The van der Waals surface area contributed by atoms with E-state index in [1.165, 1.54) is 12.1 Å². The third kappa shape index (κ3) is 5.99. The molecule has 1 heterocycles. The number of nitrogens with one attached hydrogen (secondary N) is 1. The van der Waals surface area contributed by atoms with Gasteiger partial charge in [-0.15, -0.1) is 0 Å². The molecule has 9 nitrogen and oxygen atoms in total. The van der Waals surface area contributed by atoms with Crippen molar-refractivity contribution in [3.8, 4) is 23.3 Å². The van der Waals surface area contributed by atoms with Gasteiger partial charge in [-0.1, -0.05) is 6.07 Å². The highest BCUT2D eigenvalue weighted by Crippen LogP contribution is 2.31.